The quantitative estimate of drug-likeness (QED) is 0.315. The molecule has 0 saturated carbocycles. The Labute approximate surface area is 227 Å². The molecular formula is C26H28I2N4O2. The molecule has 3 atom stereocenters. The summed E-state index contributed by atoms with van der Waals surface area (Å²) in [6.07, 6.45) is 3.57. The first-order chi connectivity index (χ1) is 16.6. The van der Waals surface area contributed by atoms with Crippen molar-refractivity contribution in [2.75, 3.05) is 44.7 Å². The number of aromatic nitrogens is 1. The van der Waals surface area contributed by atoms with E-state index >= 15 is 0 Å². The molecule has 8 heteroatoms. The van der Waals surface area contributed by atoms with E-state index in [2.05, 4.69) is 84.6 Å². The Morgan fingerprint density at radius 3 is 2.50 bits per heavy atom. The highest BCUT2D eigenvalue weighted by Gasteiger charge is 2.36. The van der Waals surface area contributed by atoms with E-state index in [1.54, 1.807) is 6.20 Å². The van der Waals surface area contributed by atoms with Crippen LogP contribution in [0.4, 0.5) is 5.69 Å². The maximum atomic E-state index is 13.4. The molecule has 2 aliphatic heterocycles. The molecule has 3 aromatic rings. The number of pyridine rings is 1. The van der Waals surface area contributed by atoms with Gasteiger partial charge in [0, 0.05) is 69.6 Å². The largest absolute Gasteiger partial charge is 0.380 e. The normalized spacial score (nSPS) is 23.7. The molecular weight excluding hydrogens is 654 g/mol. The van der Waals surface area contributed by atoms with E-state index in [-0.39, 0.29) is 5.91 Å². The van der Waals surface area contributed by atoms with Gasteiger partial charge >= 0.3 is 0 Å². The Morgan fingerprint density at radius 2 is 1.76 bits per heavy atom. The molecule has 0 radical (unpaired) electrons. The van der Waals surface area contributed by atoms with Gasteiger partial charge in [0.2, 0.25) is 0 Å². The average Bonchev–Trinajstić information content (AvgIpc) is 2.87. The summed E-state index contributed by atoms with van der Waals surface area (Å²) in [4.78, 5) is 22.1. The summed E-state index contributed by atoms with van der Waals surface area (Å²) < 4.78 is 6.06. The summed E-state index contributed by atoms with van der Waals surface area (Å²) in [6, 6.07) is 16.9. The summed E-state index contributed by atoms with van der Waals surface area (Å²) in [6.45, 7) is 6.08. The molecule has 5 rings (SSSR count). The number of fused-ring (bicyclic) bond motifs is 1. The summed E-state index contributed by atoms with van der Waals surface area (Å²) in [5.41, 5.74) is 3.23. The van der Waals surface area contributed by atoms with Crippen LogP contribution in [0, 0.1) is 0 Å². The summed E-state index contributed by atoms with van der Waals surface area (Å²) in [5.74, 6) is 0.103. The molecule has 1 aromatic heterocycles. The molecule has 178 valence electrons. The molecule has 2 saturated heterocycles. The van der Waals surface area contributed by atoms with Crippen molar-refractivity contribution in [3.63, 3.8) is 0 Å². The van der Waals surface area contributed by atoms with E-state index in [1.807, 2.05) is 35.4 Å². The Hall–Kier alpha value is -1.50. The molecule has 1 N–H and O–H groups in total. The van der Waals surface area contributed by atoms with Crippen LogP contribution in [0.3, 0.4) is 0 Å². The van der Waals surface area contributed by atoms with Gasteiger partial charge < -0.3 is 15.0 Å². The standard InChI is InChI=1S/C26H28I2N4O2/c27-23-16-32(26(33)22-3-1-2-19-14-29-9-8-21(19)22)17-24(28)25(23)30-20-6-4-18(5-7-20)15-31-10-12-34-13-11-31/h1-9,14,23-25,30H,10-13,15-17H2/t23-,24+,25?. The highest BCUT2D eigenvalue weighted by Crippen LogP contribution is 2.29. The van der Waals surface area contributed by atoms with E-state index in [9.17, 15) is 4.79 Å². The van der Waals surface area contributed by atoms with Crippen LogP contribution in [0.25, 0.3) is 10.8 Å². The predicted octanol–water partition coefficient (Wildman–Crippen LogP) is 4.61. The fraction of sp³-hybridized carbons (Fsp3) is 0.385. The molecule has 2 aromatic carbocycles. The number of benzene rings is 2. The first kappa shape index (κ1) is 24.2. The summed E-state index contributed by atoms with van der Waals surface area (Å²) >= 11 is 5.00. The number of halogens is 2. The summed E-state index contributed by atoms with van der Waals surface area (Å²) in [7, 11) is 0. The van der Waals surface area contributed by atoms with Gasteiger partial charge in [0.05, 0.1) is 19.3 Å². The van der Waals surface area contributed by atoms with Gasteiger partial charge in [-0.05, 0) is 35.2 Å². The van der Waals surface area contributed by atoms with E-state index in [1.165, 1.54) is 5.56 Å². The van der Waals surface area contributed by atoms with Gasteiger partial charge in [-0.1, -0.05) is 69.4 Å². The van der Waals surface area contributed by atoms with Crippen LogP contribution in [-0.4, -0.2) is 74.0 Å². The average molecular weight is 682 g/mol. The number of nitrogens with one attached hydrogen (secondary N) is 1. The minimum atomic E-state index is 0.103. The third-order valence-electron chi connectivity index (χ3n) is 6.56. The number of ether oxygens (including phenoxy) is 1. The van der Waals surface area contributed by atoms with E-state index in [0.717, 1.165) is 68.0 Å². The lowest BCUT2D eigenvalue weighted by atomic mass is 10.0. The highest BCUT2D eigenvalue weighted by atomic mass is 127. The fourth-order valence-electron chi connectivity index (χ4n) is 4.69. The Morgan fingerprint density at radius 1 is 1.03 bits per heavy atom. The lowest BCUT2D eigenvalue weighted by Gasteiger charge is -2.40. The highest BCUT2D eigenvalue weighted by molar-refractivity contribution is 14.1. The van der Waals surface area contributed by atoms with Crippen molar-refractivity contribution in [1.82, 2.24) is 14.8 Å². The van der Waals surface area contributed by atoms with Crippen molar-refractivity contribution in [3.05, 3.63) is 72.1 Å². The van der Waals surface area contributed by atoms with Crippen molar-refractivity contribution in [2.45, 2.75) is 20.4 Å². The topological polar surface area (TPSA) is 57.7 Å². The Bertz CT molecular complexity index is 1120. The van der Waals surface area contributed by atoms with Gasteiger partial charge in [-0.2, -0.15) is 0 Å². The molecule has 0 spiro atoms. The number of nitrogens with zero attached hydrogens (tertiary/aromatic N) is 3. The number of anilines is 1. The first-order valence-electron chi connectivity index (χ1n) is 11.6. The molecule has 1 amide bonds. The number of piperidine rings is 1. The van der Waals surface area contributed by atoms with Crippen molar-refractivity contribution in [1.29, 1.82) is 0 Å². The molecule has 3 heterocycles. The molecule has 1 unspecified atom stereocenters. The molecule has 2 aliphatic rings. The Kier molecular flexibility index (Phi) is 7.87. The molecule has 0 aliphatic carbocycles. The van der Waals surface area contributed by atoms with E-state index in [4.69, 9.17) is 4.74 Å². The number of hydrogen-bond acceptors (Lipinski definition) is 5. The smallest absolute Gasteiger partial charge is 0.254 e. The monoisotopic (exact) mass is 682 g/mol. The zero-order chi connectivity index (χ0) is 23.5. The van der Waals surface area contributed by atoms with Crippen molar-refractivity contribution in [2.24, 2.45) is 0 Å². The summed E-state index contributed by atoms with van der Waals surface area (Å²) in [5, 5.41) is 5.71. The van der Waals surface area contributed by atoms with Gasteiger partial charge in [-0.25, -0.2) is 0 Å². The van der Waals surface area contributed by atoms with Gasteiger partial charge in [0.15, 0.2) is 0 Å². The van der Waals surface area contributed by atoms with Crippen LogP contribution < -0.4 is 5.32 Å². The zero-order valence-electron chi connectivity index (χ0n) is 18.9. The Balaban J connectivity index is 1.22. The minimum Gasteiger partial charge on any atom is -0.380 e. The van der Waals surface area contributed by atoms with Gasteiger partial charge in [-0.3, -0.25) is 14.7 Å². The number of alkyl halides is 2. The number of hydrogen-bond donors (Lipinski definition) is 1. The molecule has 0 bridgehead atoms. The van der Waals surface area contributed by atoms with Crippen LogP contribution >= 0.6 is 45.2 Å². The second-order valence-electron chi connectivity index (χ2n) is 8.90. The fourth-order valence-corrected chi connectivity index (χ4v) is 7.80. The maximum absolute atomic E-state index is 13.4. The number of morpholine rings is 1. The SMILES string of the molecule is O=C(c1cccc2cnccc12)N1C[C@@H](I)C(Nc2ccc(CN3CCOCC3)cc2)[C@@H](I)C1. The van der Waals surface area contributed by atoms with Gasteiger partial charge in [-0.15, -0.1) is 0 Å². The minimum absolute atomic E-state index is 0.103. The number of carbonyl (C=O) groups is 1. The number of likely N-dealkylation sites (tertiary alicyclic amines) is 1. The van der Waals surface area contributed by atoms with Gasteiger partial charge in [0.25, 0.3) is 5.91 Å². The van der Waals surface area contributed by atoms with E-state index < -0.39 is 0 Å². The molecule has 34 heavy (non-hydrogen) atoms. The van der Waals surface area contributed by atoms with Crippen LogP contribution in [0.2, 0.25) is 0 Å². The van der Waals surface area contributed by atoms with Crippen molar-refractivity contribution >= 4 is 67.5 Å². The number of carbonyl (C=O) groups excluding carboxylic acids is 1. The van der Waals surface area contributed by atoms with Crippen LogP contribution in [0.5, 0.6) is 0 Å². The van der Waals surface area contributed by atoms with Crippen LogP contribution in [0.15, 0.2) is 60.9 Å². The third kappa shape index (κ3) is 5.50. The molecule has 2 fully saturated rings. The van der Waals surface area contributed by atoms with Crippen molar-refractivity contribution < 1.29 is 9.53 Å². The first-order valence-corrected chi connectivity index (χ1v) is 14.1. The second kappa shape index (κ2) is 11.0. The lowest BCUT2D eigenvalue weighted by Crippen LogP contribution is -2.55. The second-order valence-corrected chi connectivity index (χ2v) is 12.1. The predicted molar refractivity (Wildman–Crippen MR) is 153 cm³/mol. The number of rotatable bonds is 5. The third-order valence-corrected chi connectivity index (χ3v) is 8.90. The van der Waals surface area contributed by atoms with Gasteiger partial charge in [0.1, 0.15) is 0 Å². The van der Waals surface area contributed by atoms with Crippen molar-refractivity contribution in [3.8, 4) is 0 Å². The zero-order valence-corrected chi connectivity index (χ0v) is 23.2. The lowest BCUT2D eigenvalue weighted by molar-refractivity contribution is 0.0342. The van der Waals surface area contributed by atoms with E-state index in [0.29, 0.717) is 13.9 Å². The van der Waals surface area contributed by atoms with Crippen LogP contribution in [-0.2, 0) is 11.3 Å². The number of amides is 1. The molecule has 6 nitrogen and oxygen atoms in total. The maximum Gasteiger partial charge on any atom is 0.254 e. The van der Waals surface area contributed by atoms with Crippen LogP contribution in [0.1, 0.15) is 15.9 Å².